The van der Waals surface area contributed by atoms with Crippen LogP contribution in [0.15, 0.2) is 46.1 Å². The molecular formula is C35H62N2O7Si3. The molecule has 0 amide bonds. The van der Waals surface area contributed by atoms with Gasteiger partial charge in [-0.15, -0.1) is 0 Å². The standard InChI is InChI=1S/C35H62N2O7Si3/c1-33(2,3)45(10,11)41-24-27-28(43-46(12,13)34(4,5)6)29(44-47(14,15)35(7,8)9)31(42-27)37-21-26(30(38)36-32(37)39)23-40-22-25-19-17-16-18-20-25/h16-21,27-29,31H,22-24H2,1-15H3,(H,36,38,39)/t27-,28-,29-,31-/m1/s1. The number of hydrogen-bond donors (Lipinski definition) is 1. The second-order valence-corrected chi connectivity index (χ2v) is 31.9. The molecule has 1 aliphatic rings. The van der Waals surface area contributed by atoms with Gasteiger partial charge in [0.15, 0.2) is 31.2 Å². The minimum Gasteiger partial charge on any atom is -0.414 e. The molecule has 0 aliphatic carbocycles. The Balaban J connectivity index is 2.11. The second kappa shape index (κ2) is 14.3. The zero-order valence-corrected chi connectivity index (χ0v) is 34.7. The molecule has 1 aromatic carbocycles. The fraction of sp³-hybridized carbons (Fsp3) is 0.714. The lowest BCUT2D eigenvalue weighted by Crippen LogP contribution is -2.55. The molecule has 12 heteroatoms. The van der Waals surface area contributed by atoms with Crippen molar-refractivity contribution in [2.45, 2.75) is 154 Å². The van der Waals surface area contributed by atoms with E-state index in [0.29, 0.717) is 18.8 Å². The second-order valence-electron chi connectivity index (χ2n) is 17.6. The first-order valence-electron chi connectivity index (χ1n) is 16.9. The third-order valence-corrected chi connectivity index (χ3v) is 24.3. The van der Waals surface area contributed by atoms with Gasteiger partial charge in [0.05, 0.1) is 25.4 Å². The molecule has 1 fully saturated rings. The summed E-state index contributed by atoms with van der Waals surface area (Å²) in [7, 11) is -6.93. The topological polar surface area (TPSA) is 101 Å². The maximum atomic E-state index is 13.6. The van der Waals surface area contributed by atoms with Crippen molar-refractivity contribution in [2.24, 2.45) is 0 Å². The van der Waals surface area contributed by atoms with E-state index in [1.54, 1.807) is 6.20 Å². The molecule has 4 atom stereocenters. The van der Waals surface area contributed by atoms with Gasteiger partial charge in [-0.3, -0.25) is 14.3 Å². The lowest BCUT2D eigenvalue weighted by atomic mass is 10.1. The first kappa shape index (κ1) is 39.8. The van der Waals surface area contributed by atoms with Crippen LogP contribution in [-0.4, -0.2) is 59.4 Å². The minimum absolute atomic E-state index is 0.00232. The fourth-order valence-electron chi connectivity index (χ4n) is 4.55. The van der Waals surface area contributed by atoms with Crippen molar-refractivity contribution < 1.29 is 22.8 Å². The van der Waals surface area contributed by atoms with Crippen LogP contribution in [0.5, 0.6) is 0 Å². The van der Waals surface area contributed by atoms with E-state index in [4.69, 9.17) is 22.8 Å². The number of nitrogens with zero attached hydrogens (tertiary/aromatic N) is 1. The highest BCUT2D eigenvalue weighted by atomic mass is 28.4. The highest BCUT2D eigenvalue weighted by Gasteiger charge is 2.55. The summed E-state index contributed by atoms with van der Waals surface area (Å²) in [6.07, 6.45) is -0.867. The predicted octanol–water partition coefficient (Wildman–Crippen LogP) is 7.95. The summed E-state index contributed by atoms with van der Waals surface area (Å²) in [5.41, 5.74) is 0.284. The van der Waals surface area contributed by atoms with E-state index in [9.17, 15) is 9.59 Å². The summed E-state index contributed by atoms with van der Waals surface area (Å²) < 4.78 is 35.3. The molecule has 9 nitrogen and oxygen atoms in total. The van der Waals surface area contributed by atoms with E-state index < -0.39 is 60.7 Å². The van der Waals surface area contributed by atoms with E-state index >= 15 is 0 Å². The molecule has 0 radical (unpaired) electrons. The van der Waals surface area contributed by atoms with Crippen molar-refractivity contribution in [1.82, 2.24) is 9.55 Å². The first-order valence-corrected chi connectivity index (χ1v) is 25.6. The molecule has 1 aliphatic heterocycles. The predicted molar refractivity (Wildman–Crippen MR) is 197 cm³/mol. The number of benzene rings is 1. The molecule has 1 saturated heterocycles. The van der Waals surface area contributed by atoms with Crippen LogP contribution in [0.25, 0.3) is 0 Å². The van der Waals surface area contributed by atoms with E-state index in [2.05, 4.69) is 107 Å². The van der Waals surface area contributed by atoms with Crippen molar-refractivity contribution in [3.8, 4) is 0 Å². The number of aromatic amines is 1. The van der Waals surface area contributed by atoms with Crippen molar-refractivity contribution in [3.63, 3.8) is 0 Å². The third-order valence-electron chi connectivity index (χ3n) is 10.9. The van der Waals surface area contributed by atoms with Crippen LogP contribution in [0, 0.1) is 0 Å². The van der Waals surface area contributed by atoms with Gasteiger partial charge in [0.25, 0.3) is 5.56 Å². The van der Waals surface area contributed by atoms with Crippen LogP contribution in [0.1, 0.15) is 79.7 Å². The highest BCUT2D eigenvalue weighted by molar-refractivity contribution is 6.75. The van der Waals surface area contributed by atoms with Crippen LogP contribution in [-0.2, 0) is 36.0 Å². The molecule has 0 spiro atoms. The number of nitrogens with one attached hydrogen (secondary N) is 1. The lowest BCUT2D eigenvalue weighted by Gasteiger charge is -2.44. The number of rotatable bonds is 12. The summed E-state index contributed by atoms with van der Waals surface area (Å²) >= 11 is 0. The minimum atomic E-state index is -2.42. The molecular weight excluding hydrogens is 645 g/mol. The Labute approximate surface area is 286 Å². The number of hydrogen-bond acceptors (Lipinski definition) is 7. The van der Waals surface area contributed by atoms with Crippen molar-refractivity contribution in [3.05, 3.63) is 68.5 Å². The molecule has 266 valence electrons. The van der Waals surface area contributed by atoms with Crippen LogP contribution < -0.4 is 11.2 Å². The average Bonchev–Trinajstić information content (AvgIpc) is 3.22. The van der Waals surface area contributed by atoms with Gasteiger partial charge in [-0.1, -0.05) is 92.6 Å². The van der Waals surface area contributed by atoms with Gasteiger partial charge in [-0.05, 0) is 60.0 Å². The van der Waals surface area contributed by atoms with Gasteiger partial charge in [0.1, 0.15) is 18.3 Å². The number of aromatic nitrogens is 2. The van der Waals surface area contributed by atoms with Crippen LogP contribution in [0.2, 0.25) is 54.4 Å². The number of ether oxygens (including phenoxy) is 2. The molecule has 0 bridgehead atoms. The molecule has 0 unspecified atom stereocenters. The Kier molecular flexibility index (Phi) is 12.1. The maximum Gasteiger partial charge on any atom is 0.330 e. The molecule has 0 saturated carbocycles. The van der Waals surface area contributed by atoms with Crippen LogP contribution in [0.4, 0.5) is 0 Å². The fourth-order valence-corrected chi connectivity index (χ4v) is 8.17. The largest absolute Gasteiger partial charge is 0.414 e. The van der Waals surface area contributed by atoms with Gasteiger partial charge < -0.3 is 22.8 Å². The van der Waals surface area contributed by atoms with Crippen LogP contribution in [0.3, 0.4) is 0 Å². The zero-order valence-electron chi connectivity index (χ0n) is 31.7. The van der Waals surface area contributed by atoms with E-state index in [0.717, 1.165) is 5.56 Å². The van der Waals surface area contributed by atoms with E-state index in [-0.39, 0.29) is 21.7 Å². The monoisotopic (exact) mass is 706 g/mol. The van der Waals surface area contributed by atoms with E-state index in [1.807, 2.05) is 30.3 Å². The molecule has 1 N–H and O–H groups in total. The summed E-state index contributed by atoms with van der Waals surface area (Å²) in [5.74, 6) is 0. The highest BCUT2D eigenvalue weighted by Crippen LogP contribution is 2.46. The van der Waals surface area contributed by atoms with Gasteiger partial charge in [0.2, 0.25) is 0 Å². The van der Waals surface area contributed by atoms with Crippen molar-refractivity contribution >= 4 is 25.0 Å². The normalized spacial score (nSPS) is 21.8. The number of H-pyrrole nitrogens is 1. The first-order chi connectivity index (χ1) is 21.3. The summed E-state index contributed by atoms with van der Waals surface area (Å²) in [6, 6.07) is 9.77. The summed E-state index contributed by atoms with van der Waals surface area (Å²) in [4.78, 5) is 29.1. The zero-order chi connectivity index (χ0) is 35.8. The van der Waals surface area contributed by atoms with Crippen molar-refractivity contribution in [2.75, 3.05) is 6.61 Å². The lowest BCUT2D eigenvalue weighted by molar-refractivity contribution is -0.0513. The maximum absolute atomic E-state index is 13.6. The van der Waals surface area contributed by atoms with Crippen molar-refractivity contribution in [1.29, 1.82) is 0 Å². The Morgan fingerprint density at radius 2 is 1.26 bits per heavy atom. The SMILES string of the molecule is CC(C)(C)[Si](C)(C)OC[C@H]1O[C@@H](n2cc(COCc3ccccc3)c(=O)[nH]c2=O)[C@H](O[Si](C)(C)C(C)(C)C)[C@@H]1O[Si](C)(C)C(C)(C)C. The Hall–Kier alpha value is -1.65. The van der Waals surface area contributed by atoms with E-state index in [1.165, 1.54) is 4.57 Å². The van der Waals surface area contributed by atoms with Crippen LogP contribution >= 0.6 is 0 Å². The molecule has 3 rings (SSSR count). The quantitative estimate of drug-likeness (QED) is 0.224. The van der Waals surface area contributed by atoms with Gasteiger partial charge in [0, 0.05) is 6.20 Å². The van der Waals surface area contributed by atoms with Gasteiger partial charge >= 0.3 is 5.69 Å². The Bertz CT molecular complexity index is 1450. The summed E-state index contributed by atoms with van der Waals surface area (Å²) in [5, 5.41) is -0.181. The molecule has 2 heterocycles. The Morgan fingerprint density at radius 3 is 1.77 bits per heavy atom. The average molecular weight is 707 g/mol. The smallest absolute Gasteiger partial charge is 0.330 e. The third kappa shape index (κ3) is 9.53. The summed E-state index contributed by atoms with van der Waals surface area (Å²) in [6.45, 7) is 33.9. The molecule has 2 aromatic rings. The van der Waals surface area contributed by atoms with Gasteiger partial charge in [-0.25, -0.2) is 4.79 Å². The van der Waals surface area contributed by atoms with Gasteiger partial charge in [-0.2, -0.15) is 0 Å². The Morgan fingerprint density at radius 1 is 0.745 bits per heavy atom. The molecule has 47 heavy (non-hydrogen) atoms. The molecule has 1 aromatic heterocycles.